The summed E-state index contributed by atoms with van der Waals surface area (Å²) in [6, 6.07) is 11.2. The first-order valence-corrected chi connectivity index (χ1v) is 11.7. The second kappa shape index (κ2) is 10.6. The Morgan fingerprint density at radius 2 is 1.83 bits per heavy atom. The number of non-ortho nitro benzene ring substituents is 1. The highest BCUT2D eigenvalue weighted by molar-refractivity contribution is 8.00. The van der Waals surface area contributed by atoms with Gasteiger partial charge in [-0.05, 0) is 42.0 Å². The molecule has 12 nitrogen and oxygen atoms in total. The van der Waals surface area contributed by atoms with Crippen molar-refractivity contribution in [1.82, 2.24) is 10.2 Å². The zero-order chi connectivity index (χ0) is 25.8. The van der Waals surface area contributed by atoms with Gasteiger partial charge >= 0.3 is 5.97 Å². The third-order valence-corrected chi connectivity index (χ3v) is 6.67. The Morgan fingerprint density at radius 1 is 1.17 bits per heavy atom. The van der Waals surface area contributed by atoms with Crippen LogP contribution in [0.2, 0.25) is 0 Å². The predicted octanol–water partition coefficient (Wildman–Crippen LogP) is 1.90. The fourth-order valence-corrected chi connectivity index (χ4v) is 4.76. The molecule has 2 amide bonds. The quantitative estimate of drug-likeness (QED) is 0.219. The summed E-state index contributed by atoms with van der Waals surface area (Å²) >= 11 is 1.19. The molecule has 2 aromatic carbocycles. The van der Waals surface area contributed by atoms with Crippen molar-refractivity contribution in [2.75, 3.05) is 19.5 Å². The zero-order valence-electron chi connectivity index (χ0n) is 18.9. The summed E-state index contributed by atoms with van der Waals surface area (Å²) in [6.07, 6.45) is 0. The molecule has 1 fully saturated rings. The first kappa shape index (κ1) is 24.9. The number of aliphatic hydroxyl groups is 1. The molecule has 1 saturated heterocycles. The van der Waals surface area contributed by atoms with Crippen molar-refractivity contribution in [3.63, 3.8) is 0 Å². The van der Waals surface area contributed by atoms with Crippen LogP contribution in [-0.4, -0.2) is 63.6 Å². The molecular formula is C23H21N3O9S. The molecule has 2 N–H and O–H groups in total. The van der Waals surface area contributed by atoms with Crippen LogP contribution in [0.1, 0.15) is 5.56 Å². The Bertz CT molecular complexity index is 1210. The van der Waals surface area contributed by atoms with Gasteiger partial charge in [-0.2, -0.15) is 0 Å². The fraction of sp³-hybridized carbons (Fsp3) is 0.261. The number of nitrogens with one attached hydrogen (secondary N) is 1. The van der Waals surface area contributed by atoms with E-state index in [1.54, 1.807) is 24.3 Å². The number of β-lactam (4-membered cyclic amide) rings is 1. The summed E-state index contributed by atoms with van der Waals surface area (Å²) < 4.78 is 15.7. The molecule has 0 aliphatic carbocycles. The Hall–Kier alpha value is -4.26. The van der Waals surface area contributed by atoms with E-state index in [-0.39, 0.29) is 36.1 Å². The largest absolute Gasteiger partial charge is 0.509 e. The Balaban J connectivity index is 1.32. The van der Waals surface area contributed by atoms with Gasteiger partial charge in [0.15, 0.2) is 12.3 Å². The minimum absolute atomic E-state index is 0.0468. The molecule has 0 radical (unpaired) electrons. The van der Waals surface area contributed by atoms with Crippen LogP contribution in [-0.2, 0) is 25.7 Å². The normalized spacial score (nSPS) is 18.6. The van der Waals surface area contributed by atoms with Gasteiger partial charge in [-0.3, -0.25) is 24.6 Å². The molecule has 4 rings (SSSR count). The van der Waals surface area contributed by atoms with Gasteiger partial charge in [0, 0.05) is 12.1 Å². The van der Waals surface area contributed by atoms with Crippen molar-refractivity contribution in [1.29, 1.82) is 0 Å². The summed E-state index contributed by atoms with van der Waals surface area (Å²) in [4.78, 5) is 49.0. The monoisotopic (exact) mass is 515 g/mol. The Kier molecular flexibility index (Phi) is 7.29. The average Bonchev–Trinajstić information content (AvgIpc) is 2.89. The van der Waals surface area contributed by atoms with E-state index in [2.05, 4.69) is 5.32 Å². The number of hydrogen-bond acceptors (Lipinski definition) is 10. The molecule has 2 aliphatic rings. The summed E-state index contributed by atoms with van der Waals surface area (Å²) in [5, 5.41) is 23.0. The summed E-state index contributed by atoms with van der Waals surface area (Å²) in [7, 11) is 1.53. The van der Waals surface area contributed by atoms with E-state index in [9.17, 15) is 29.6 Å². The fourth-order valence-electron chi connectivity index (χ4n) is 3.56. The first-order valence-electron chi connectivity index (χ1n) is 10.6. The number of esters is 1. The SMILES string of the molecule is COc1ccc(OCC(=O)NC2C(=O)N3C(C(=O)OCc4ccc([N+](=O)[O-])cc4)=C(O)CS[C@@H]23)cc1. The maximum absolute atomic E-state index is 12.7. The van der Waals surface area contributed by atoms with Crippen LogP contribution in [0.25, 0.3) is 0 Å². The van der Waals surface area contributed by atoms with Crippen LogP contribution in [0, 0.1) is 10.1 Å². The summed E-state index contributed by atoms with van der Waals surface area (Å²) in [6.45, 7) is -0.533. The lowest BCUT2D eigenvalue weighted by molar-refractivity contribution is -0.384. The molecule has 0 spiro atoms. The molecule has 36 heavy (non-hydrogen) atoms. The average molecular weight is 516 g/mol. The number of nitrogens with zero attached hydrogens (tertiary/aromatic N) is 2. The van der Waals surface area contributed by atoms with Crippen LogP contribution in [0.5, 0.6) is 11.5 Å². The van der Waals surface area contributed by atoms with Crippen LogP contribution in [0.15, 0.2) is 60.0 Å². The minimum atomic E-state index is -0.919. The third kappa shape index (κ3) is 5.20. The third-order valence-electron chi connectivity index (χ3n) is 5.40. The smallest absolute Gasteiger partial charge is 0.358 e. The van der Waals surface area contributed by atoms with Crippen molar-refractivity contribution in [3.8, 4) is 11.5 Å². The number of carbonyl (C=O) groups is 3. The van der Waals surface area contributed by atoms with E-state index in [1.807, 2.05) is 0 Å². The van der Waals surface area contributed by atoms with Gasteiger partial charge in [0.25, 0.3) is 17.5 Å². The van der Waals surface area contributed by atoms with Crippen molar-refractivity contribution in [3.05, 3.63) is 75.7 Å². The number of aliphatic hydroxyl groups excluding tert-OH is 1. The second-order valence-corrected chi connectivity index (χ2v) is 8.82. The number of thioether (sulfide) groups is 1. The van der Waals surface area contributed by atoms with Gasteiger partial charge in [-0.15, -0.1) is 11.8 Å². The van der Waals surface area contributed by atoms with Crippen LogP contribution >= 0.6 is 11.8 Å². The maximum Gasteiger partial charge on any atom is 0.358 e. The number of nitro benzene ring substituents is 1. The van der Waals surface area contributed by atoms with E-state index < -0.39 is 34.1 Å². The van der Waals surface area contributed by atoms with E-state index in [1.165, 1.54) is 43.1 Å². The number of carbonyl (C=O) groups excluding carboxylic acids is 3. The summed E-state index contributed by atoms with van der Waals surface area (Å²) in [5.74, 6) is -1.19. The zero-order valence-corrected chi connectivity index (χ0v) is 19.7. The van der Waals surface area contributed by atoms with Gasteiger partial charge in [0.05, 0.1) is 17.8 Å². The lowest BCUT2D eigenvalue weighted by Crippen LogP contribution is -2.70. The lowest BCUT2D eigenvalue weighted by atomic mass is 10.0. The molecule has 2 atom stereocenters. The van der Waals surface area contributed by atoms with Crippen molar-refractivity contribution < 1.29 is 38.6 Å². The Morgan fingerprint density at radius 3 is 2.47 bits per heavy atom. The number of hydrogen-bond donors (Lipinski definition) is 2. The molecule has 2 heterocycles. The molecule has 0 aromatic heterocycles. The van der Waals surface area contributed by atoms with Crippen molar-refractivity contribution >= 4 is 35.2 Å². The van der Waals surface area contributed by atoms with Gasteiger partial charge in [-0.25, -0.2) is 4.79 Å². The number of ether oxygens (including phenoxy) is 3. The van der Waals surface area contributed by atoms with Crippen molar-refractivity contribution in [2.45, 2.75) is 18.0 Å². The number of fused-ring (bicyclic) bond motifs is 1. The van der Waals surface area contributed by atoms with Gasteiger partial charge < -0.3 is 24.6 Å². The summed E-state index contributed by atoms with van der Waals surface area (Å²) in [5.41, 5.74) is 0.101. The van der Waals surface area contributed by atoms with Crippen LogP contribution in [0.4, 0.5) is 5.69 Å². The highest BCUT2D eigenvalue weighted by Gasteiger charge is 2.54. The topological polar surface area (TPSA) is 158 Å². The van der Waals surface area contributed by atoms with E-state index >= 15 is 0 Å². The number of amides is 2. The van der Waals surface area contributed by atoms with Gasteiger partial charge in [-0.1, -0.05) is 0 Å². The molecule has 0 saturated carbocycles. The molecule has 1 unspecified atom stereocenters. The maximum atomic E-state index is 12.7. The Labute approximate surface area is 209 Å². The number of benzene rings is 2. The van der Waals surface area contributed by atoms with Crippen LogP contribution < -0.4 is 14.8 Å². The minimum Gasteiger partial charge on any atom is -0.509 e. The number of rotatable bonds is 9. The van der Waals surface area contributed by atoms with E-state index in [4.69, 9.17) is 14.2 Å². The molecule has 188 valence electrons. The van der Waals surface area contributed by atoms with E-state index in [0.717, 1.165) is 4.90 Å². The highest BCUT2D eigenvalue weighted by Crippen LogP contribution is 2.40. The molecule has 2 aromatic rings. The second-order valence-electron chi connectivity index (χ2n) is 7.71. The molecule has 2 aliphatic heterocycles. The van der Waals surface area contributed by atoms with Gasteiger partial charge in [0.2, 0.25) is 0 Å². The molecule has 13 heteroatoms. The van der Waals surface area contributed by atoms with Crippen LogP contribution in [0.3, 0.4) is 0 Å². The first-order chi connectivity index (χ1) is 17.3. The highest BCUT2D eigenvalue weighted by atomic mass is 32.2. The molecular weight excluding hydrogens is 494 g/mol. The number of methoxy groups -OCH3 is 1. The van der Waals surface area contributed by atoms with E-state index in [0.29, 0.717) is 17.1 Å². The lowest BCUT2D eigenvalue weighted by Gasteiger charge is -2.48. The molecule has 0 bridgehead atoms. The number of nitro groups is 1. The van der Waals surface area contributed by atoms with Gasteiger partial charge in [0.1, 0.15) is 35.3 Å². The standard InChI is InChI=1S/C23H21N3O9S/c1-33-15-6-8-16(9-7-15)34-11-18(28)24-19-21(29)25-20(17(27)12-36-22(19)25)23(30)35-10-13-2-4-14(5-3-13)26(31)32/h2-9,19,22,27H,10-12H2,1H3,(H,24,28)/t19?,22-/m0/s1. The predicted molar refractivity (Wildman–Crippen MR) is 126 cm³/mol. The van der Waals surface area contributed by atoms with Crippen molar-refractivity contribution in [2.24, 2.45) is 0 Å².